The average Bonchev–Trinajstić information content (AvgIpc) is 4.33. The van der Waals surface area contributed by atoms with Crippen LogP contribution in [0.4, 0.5) is 4.39 Å². The van der Waals surface area contributed by atoms with Gasteiger partial charge in [-0.25, -0.2) is 14.4 Å². The number of alkyl halides is 1. The Bertz CT molecular complexity index is 3470. The third kappa shape index (κ3) is 8.81. The van der Waals surface area contributed by atoms with E-state index in [-0.39, 0.29) is 36.9 Å². The van der Waals surface area contributed by atoms with Crippen molar-refractivity contribution in [2.75, 3.05) is 39.3 Å². The zero-order valence-electron chi connectivity index (χ0n) is 42.8. The SMILES string of the molecule is CCN(CC)[C@@H](C(=O)N1CCC[C@H]1c1ncc(-c2ccc3c(c2)cc2n3C(c3cc4ccccc4s3)Oc3cc(-c4cnc([C@@H]5C[C@@H](F)CN5C(=O)[C@@H](c5ccccc5)N(CC)CC)[nH]4)ccc3-2)[nH]1)c1ccccc1. The number of hydrogen-bond donors (Lipinski definition) is 2. The summed E-state index contributed by atoms with van der Waals surface area (Å²) in [5.41, 5.74) is 8.46. The number of H-pyrrole nitrogens is 2. The van der Waals surface area contributed by atoms with Gasteiger partial charge < -0.3 is 24.5 Å². The molecule has 3 aliphatic rings. The first kappa shape index (κ1) is 48.5. The molecule has 382 valence electrons. The van der Waals surface area contributed by atoms with Gasteiger partial charge in [-0.2, -0.15) is 0 Å². The number of fused-ring (bicyclic) bond motifs is 6. The first-order valence-electron chi connectivity index (χ1n) is 26.6. The van der Waals surface area contributed by atoms with Crippen LogP contribution in [-0.4, -0.2) is 101 Å². The van der Waals surface area contributed by atoms with Crippen LogP contribution in [0.1, 0.15) is 105 Å². The summed E-state index contributed by atoms with van der Waals surface area (Å²) >= 11 is 1.73. The summed E-state index contributed by atoms with van der Waals surface area (Å²) in [7, 11) is 0. The van der Waals surface area contributed by atoms with Crippen molar-refractivity contribution < 1.29 is 18.7 Å². The van der Waals surface area contributed by atoms with E-state index in [4.69, 9.17) is 14.7 Å². The molecule has 2 N–H and O–H groups in total. The molecule has 3 aliphatic heterocycles. The van der Waals surface area contributed by atoms with Gasteiger partial charge >= 0.3 is 0 Å². The number of carbonyl (C=O) groups excluding carboxylic acids is 2. The van der Waals surface area contributed by atoms with Crippen LogP contribution in [0.25, 0.3) is 54.8 Å². The van der Waals surface area contributed by atoms with E-state index in [2.05, 4.69) is 137 Å². The van der Waals surface area contributed by atoms with Gasteiger partial charge in [-0.15, -0.1) is 11.3 Å². The second-order valence-electron chi connectivity index (χ2n) is 20.0. The molecule has 0 saturated carbocycles. The number of likely N-dealkylation sites (N-methyl/N-ethyl adjacent to an activating group) is 2. The number of ether oxygens (including phenoxy) is 1. The molecule has 5 aromatic carbocycles. The molecule has 2 amide bonds. The monoisotopic (exact) mass is 1020 g/mol. The molecule has 1 unspecified atom stereocenters. The molecule has 0 bridgehead atoms. The van der Waals surface area contributed by atoms with Gasteiger partial charge in [-0.1, -0.05) is 119 Å². The van der Waals surface area contributed by atoms with Crippen LogP contribution in [0, 0.1) is 0 Å². The van der Waals surface area contributed by atoms with Gasteiger partial charge in [0.15, 0.2) is 0 Å². The zero-order chi connectivity index (χ0) is 51.3. The molecule has 0 spiro atoms. The minimum Gasteiger partial charge on any atom is -0.464 e. The summed E-state index contributed by atoms with van der Waals surface area (Å²) in [4.78, 5) is 55.2. The molecule has 2 saturated heterocycles. The molecule has 75 heavy (non-hydrogen) atoms. The number of benzene rings is 5. The summed E-state index contributed by atoms with van der Waals surface area (Å²) < 4.78 is 26.1. The standard InChI is InChI=1S/C61H62FN9O3S/c1-5-67(6-2)55(38-18-11-9-12-19-38)59(72)69-29-17-23-49(69)57-63-35-46(65-57)40-26-28-48-43(30-40)31-50-45-27-25-41(32-52(45)74-61(71(48)50)54-33-42-22-15-16-24-53(42)75-54)47-36-64-58(66-47)51-34-44(62)37-70(51)60(73)56(68(7-3)8-4)39-20-13-10-14-21-39/h9-16,18-22,24-28,30-33,35-36,44,49,51,55-56,61H,5-8,17,23,29,34,37H2,1-4H3,(H,63,65)(H,64,66)/t44-,49+,51+,55-,56-,61?/m1/s1. The average molecular weight is 1020 g/mol. The number of hydrogen-bond acceptors (Lipinski definition) is 8. The lowest BCUT2D eigenvalue weighted by atomic mass is 10.0. The second-order valence-corrected chi connectivity index (χ2v) is 21.1. The van der Waals surface area contributed by atoms with Crippen molar-refractivity contribution in [2.45, 2.75) is 83.5 Å². The molecule has 0 aliphatic carbocycles. The van der Waals surface area contributed by atoms with Crippen LogP contribution in [0.5, 0.6) is 5.75 Å². The maximum absolute atomic E-state index is 15.5. The number of carbonyl (C=O) groups is 2. The maximum atomic E-state index is 15.5. The van der Waals surface area contributed by atoms with Crippen LogP contribution >= 0.6 is 11.3 Å². The van der Waals surface area contributed by atoms with E-state index in [0.29, 0.717) is 25.5 Å². The number of likely N-dealkylation sites (tertiary alicyclic amines) is 2. The summed E-state index contributed by atoms with van der Waals surface area (Å²) in [6.45, 7) is 12.0. The van der Waals surface area contributed by atoms with Crippen molar-refractivity contribution in [3.05, 3.63) is 174 Å². The van der Waals surface area contributed by atoms with Crippen LogP contribution in [-0.2, 0) is 9.59 Å². The third-order valence-corrected chi connectivity index (χ3v) is 17.0. The Hall–Kier alpha value is -7.39. The molecular formula is C61H62FN9O3S. The molecule has 12 rings (SSSR count). The van der Waals surface area contributed by atoms with E-state index >= 15 is 4.39 Å². The van der Waals surface area contributed by atoms with Crippen molar-refractivity contribution >= 4 is 44.1 Å². The molecule has 0 radical (unpaired) electrons. The second kappa shape index (κ2) is 20.4. The van der Waals surface area contributed by atoms with Crippen LogP contribution in [0.15, 0.2) is 146 Å². The number of amides is 2. The Labute approximate surface area is 440 Å². The highest BCUT2D eigenvalue weighted by molar-refractivity contribution is 7.19. The van der Waals surface area contributed by atoms with E-state index in [1.165, 1.54) is 4.70 Å². The van der Waals surface area contributed by atoms with E-state index in [1.54, 1.807) is 22.4 Å². The number of halogens is 1. The van der Waals surface area contributed by atoms with Gasteiger partial charge in [-0.3, -0.25) is 24.0 Å². The minimum atomic E-state index is -1.17. The van der Waals surface area contributed by atoms with Gasteiger partial charge in [0.05, 0.1) is 58.5 Å². The van der Waals surface area contributed by atoms with Gasteiger partial charge in [-0.05, 0) is 98.0 Å². The predicted octanol–water partition coefficient (Wildman–Crippen LogP) is 12.7. The predicted molar refractivity (Wildman–Crippen MR) is 295 cm³/mol. The van der Waals surface area contributed by atoms with Gasteiger partial charge in [0.1, 0.15) is 35.7 Å². The van der Waals surface area contributed by atoms with Gasteiger partial charge in [0.2, 0.25) is 18.0 Å². The number of nitrogens with zero attached hydrogens (tertiary/aromatic N) is 7. The van der Waals surface area contributed by atoms with Crippen molar-refractivity contribution in [1.82, 2.24) is 44.1 Å². The number of rotatable bonds is 15. The van der Waals surface area contributed by atoms with Crippen LogP contribution in [0.3, 0.4) is 0 Å². The molecule has 14 heteroatoms. The molecular weight excluding hydrogens is 958 g/mol. The van der Waals surface area contributed by atoms with E-state index in [0.717, 1.165) is 104 Å². The van der Waals surface area contributed by atoms with Gasteiger partial charge in [0.25, 0.3) is 0 Å². The lowest BCUT2D eigenvalue weighted by Gasteiger charge is -2.34. The van der Waals surface area contributed by atoms with Crippen LogP contribution in [0.2, 0.25) is 0 Å². The van der Waals surface area contributed by atoms with Crippen LogP contribution < -0.4 is 4.74 Å². The highest BCUT2D eigenvalue weighted by Gasteiger charge is 2.43. The third-order valence-electron chi connectivity index (χ3n) is 15.8. The number of aromatic amines is 2. The molecule has 9 aromatic rings. The van der Waals surface area contributed by atoms with Crippen molar-refractivity contribution in [3.63, 3.8) is 0 Å². The summed E-state index contributed by atoms with van der Waals surface area (Å²) in [6.07, 6.45) is 4.00. The Kier molecular flexibility index (Phi) is 13.2. The molecule has 7 heterocycles. The normalized spacial score (nSPS) is 19.2. The smallest absolute Gasteiger partial charge is 0.245 e. The lowest BCUT2D eigenvalue weighted by molar-refractivity contribution is -0.139. The van der Waals surface area contributed by atoms with Crippen molar-refractivity contribution in [3.8, 4) is 39.5 Å². The number of thiophene rings is 1. The zero-order valence-corrected chi connectivity index (χ0v) is 43.6. The van der Waals surface area contributed by atoms with E-state index in [1.807, 2.05) is 59.6 Å². The Morgan fingerprint density at radius 2 is 1.29 bits per heavy atom. The fourth-order valence-corrected chi connectivity index (χ4v) is 13.1. The fourth-order valence-electron chi connectivity index (χ4n) is 12.0. The Balaban J connectivity index is 0.859. The minimum absolute atomic E-state index is 0.0170. The number of nitrogens with one attached hydrogen (secondary N) is 2. The Morgan fingerprint density at radius 3 is 1.95 bits per heavy atom. The lowest BCUT2D eigenvalue weighted by Crippen LogP contribution is -2.43. The highest BCUT2D eigenvalue weighted by atomic mass is 32.1. The summed E-state index contributed by atoms with van der Waals surface area (Å²) in [6, 6.07) is 44.0. The summed E-state index contributed by atoms with van der Waals surface area (Å²) in [5, 5.41) is 2.22. The van der Waals surface area contributed by atoms with Gasteiger partial charge in [0, 0.05) is 39.7 Å². The van der Waals surface area contributed by atoms with E-state index < -0.39 is 24.5 Å². The maximum Gasteiger partial charge on any atom is 0.245 e. The van der Waals surface area contributed by atoms with Crippen molar-refractivity contribution in [1.29, 1.82) is 0 Å². The molecule has 4 aromatic heterocycles. The topological polar surface area (TPSA) is 119 Å². The number of aromatic nitrogens is 5. The number of imidazole rings is 2. The van der Waals surface area contributed by atoms with E-state index in [9.17, 15) is 9.59 Å². The largest absolute Gasteiger partial charge is 0.464 e. The first-order chi connectivity index (χ1) is 36.7. The summed E-state index contributed by atoms with van der Waals surface area (Å²) in [5.74, 6) is 2.10. The van der Waals surface area contributed by atoms with Crippen molar-refractivity contribution in [2.24, 2.45) is 0 Å². The molecule has 2 fully saturated rings. The molecule has 12 nitrogen and oxygen atoms in total. The highest BCUT2D eigenvalue weighted by Crippen LogP contribution is 2.48. The Morgan fingerprint density at radius 1 is 0.693 bits per heavy atom. The fraction of sp³-hybridized carbons (Fsp3) is 0.311. The first-order valence-corrected chi connectivity index (χ1v) is 27.4. The molecule has 6 atom stereocenters. The quantitative estimate of drug-likeness (QED) is 0.105.